The van der Waals surface area contributed by atoms with Crippen LogP contribution in [0.3, 0.4) is 0 Å². The Bertz CT molecular complexity index is 232. The third kappa shape index (κ3) is 2.07. The van der Waals surface area contributed by atoms with E-state index in [0.29, 0.717) is 12.5 Å². The van der Waals surface area contributed by atoms with Gasteiger partial charge in [-0.1, -0.05) is 0 Å². The van der Waals surface area contributed by atoms with Crippen LogP contribution in [0.1, 0.15) is 26.2 Å². The summed E-state index contributed by atoms with van der Waals surface area (Å²) in [5.41, 5.74) is -0.133. The van der Waals surface area contributed by atoms with E-state index in [0.717, 1.165) is 25.9 Å². The number of hydrogen-bond donors (Lipinski definition) is 2. The number of hydrogen-bond acceptors (Lipinski definition) is 3. The molecule has 2 fully saturated rings. The number of carboxylic acid groups (broad SMARTS) is 1. The number of carboxylic acids is 1. The molecule has 0 aromatic heterocycles. The van der Waals surface area contributed by atoms with Gasteiger partial charge in [-0.15, -0.1) is 0 Å². The maximum Gasteiger partial charge on any atom is 0.320 e. The van der Waals surface area contributed by atoms with Gasteiger partial charge in [-0.2, -0.15) is 0 Å². The van der Waals surface area contributed by atoms with E-state index in [2.05, 4.69) is 5.32 Å². The summed E-state index contributed by atoms with van der Waals surface area (Å²) in [6.45, 7) is 3.41. The Balaban J connectivity index is 1.95. The summed E-state index contributed by atoms with van der Waals surface area (Å²) < 4.78 is 5.29. The van der Waals surface area contributed by atoms with Crippen LogP contribution in [-0.4, -0.2) is 35.9 Å². The Kier molecular flexibility index (Phi) is 2.49. The molecule has 1 heterocycles. The summed E-state index contributed by atoms with van der Waals surface area (Å²) in [7, 11) is 0. The average Bonchev–Trinajstić information content (AvgIpc) is 2.86. The van der Waals surface area contributed by atoms with E-state index < -0.39 is 5.97 Å². The molecular formula is C10H17NO3. The van der Waals surface area contributed by atoms with Gasteiger partial charge in [0.2, 0.25) is 0 Å². The van der Waals surface area contributed by atoms with Crippen molar-refractivity contribution in [3.05, 3.63) is 0 Å². The topological polar surface area (TPSA) is 58.6 Å². The van der Waals surface area contributed by atoms with E-state index >= 15 is 0 Å². The predicted molar refractivity (Wildman–Crippen MR) is 51.1 cm³/mol. The molecule has 14 heavy (non-hydrogen) atoms. The van der Waals surface area contributed by atoms with E-state index in [9.17, 15) is 4.79 Å². The second-order valence-corrected chi connectivity index (χ2v) is 4.66. The van der Waals surface area contributed by atoms with Crippen molar-refractivity contribution in [3.8, 4) is 0 Å². The van der Waals surface area contributed by atoms with Gasteiger partial charge in [-0.3, -0.25) is 10.1 Å². The summed E-state index contributed by atoms with van der Waals surface area (Å²) in [4.78, 5) is 11.0. The number of nitrogens with one attached hydrogen (secondary N) is 1. The summed E-state index contributed by atoms with van der Waals surface area (Å²) in [6, 6.07) is -0.373. The first-order chi connectivity index (χ1) is 6.61. The van der Waals surface area contributed by atoms with Crippen LogP contribution in [0.4, 0.5) is 0 Å². The maximum atomic E-state index is 11.0. The zero-order valence-electron chi connectivity index (χ0n) is 8.45. The molecule has 1 saturated heterocycles. The van der Waals surface area contributed by atoms with Crippen LogP contribution in [0, 0.1) is 5.92 Å². The molecular weight excluding hydrogens is 182 g/mol. The van der Waals surface area contributed by atoms with Gasteiger partial charge in [0.25, 0.3) is 0 Å². The molecule has 1 aliphatic carbocycles. The zero-order chi connectivity index (χ0) is 10.2. The lowest BCUT2D eigenvalue weighted by atomic mass is 9.99. The van der Waals surface area contributed by atoms with Crippen molar-refractivity contribution in [2.75, 3.05) is 13.2 Å². The van der Waals surface area contributed by atoms with E-state index in [-0.39, 0.29) is 11.6 Å². The standard InChI is InChI=1S/C10H17NO3/c1-10(4-5-14-6-10)11-8(9(12)13)7-2-3-7/h7-8,11H,2-6H2,1H3,(H,12,13). The molecule has 0 aromatic carbocycles. The molecule has 2 atom stereocenters. The lowest BCUT2D eigenvalue weighted by molar-refractivity contribution is -0.140. The lowest BCUT2D eigenvalue weighted by Crippen LogP contribution is -2.52. The SMILES string of the molecule is CC1(NC(C(=O)O)C2CC2)CCOC1. The second-order valence-electron chi connectivity index (χ2n) is 4.66. The molecule has 4 nitrogen and oxygen atoms in total. The Morgan fingerprint density at radius 3 is 2.79 bits per heavy atom. The van der Waals surface area contributed by atoms with E-state index in [1.807, 2.05) is 6.92 Å². The fraction of sp³-hybridized carbons (Fsp3) is 0.900. The summed E-state index contributed by atoms with van der Waals surface area (Å²) in [5, 5.41) is 12.3. The molecule has 0 radical (unpaired) electrons. The van der Waals surface area contributed by atoms with Crippen LogP contribution < -0.4 is 5.32 Å². The van der Waals surface area contributed by atoms with Gasteiger partial charge < -0.3 is 9.84 Å². The Hall–Kier alpha value is -0.610. The first-order valence-corrected chi connectivity index (χ1v) is 5.19. The van der Waals surface area contributed by atoms with E-state index in [4.69, 9.17) is 9.84 Å². The minimum absolute atomic E-state index is 0.133. The third-order valence-corrected chi connectivity index (χ3v) is 3.08. The molecule has 0 aromatic rings. The molecule has 0 spiro atoms. The molecule has 1 saturated carbocycles. The quantitative estimate of drug-likeness (QED) is 0.696. The highest BCUT2D eigenvalue weighted by atomic mass is 16.5. The van der Waals surface area contributed by atoms with Crippen molar-refractivity contribution in [2.24, 2.45) is 5.92 Å². The first-order valence-electron chi connectivity index (χ1n) is 5.19. The molecule has 1 aliphatic heterocycles. The average molecular weight is 199 g/mol. The van der Waals surface area contributed by atoms with Gasteiger partial charge in [0, 0.05) is 12.1 Å². The van der Waals surface area contributed by atoms with Gasteiger partial charge in [0.05, 0.1) is 6.61 Å². The van der Waals surface area contributed by atoms with Gasteiger partial charge in [-0.25, -0.2) is 0 Å². The van der Waals surface area contributed by atoms with E-state index in [1.165, 1.54) is 0 Å². The third-order valence-electron chi connectivity index (χ3n) is 3.08. The monoisotopic (exact) mass is 199 g/mol. The van der Waals surface area contributed by atoms with E-state index in [1.54, 1.807) is 0 Å². The molecule has 80 valence electrons. The molecule has 2 aliphatic rings. The van der Waals surface area contributed by atoms with Crippen LogP contribution >= 0.6 is 0 Å². The zero-order valence-corrected chi connectivity index (χ0v) is 8.45. The van der Waals surface area contributed by atoms with Crippen LogP contribution in [0.2, 0.25) is 0 Å². The minimum atomic E-state index is -0.722. The molecule has 0 bridgehead atoms. The number of aliphatic carboxylic acids is 1. The molecule has 0 amide bonds. The van der Waals surface area contributed by atoms with Crippen molar-refractivity contribution < 1.29 is 14.6 Å². The van der Waals surface area contributed by atoms with Crippen molar-refractivity contribution >= 4 is 5.97 Å². The molecule has 2 N–H and O–H groups in total. The van der Waals surface area contributed by atoms with Crippen molar-refractivity contribution in [3.63, 3.8) is 0 Å². The highest BCUT2D eigenvalue weighted by molar-refractivity contribution is 5.74. The minimum Gasteiger partial charge on any atom is -0.480 e. The maximum absolute atomic E-state index is 11.0. The van der Waals surface area contributed by atoms with Crippen molar-refractivity contribution in [1.29, 1.82) is 0 Å². The summed E-state index contributed by atoms with van der Waals surface area (Å²) >= 11 is 0. The fourth-order valence-electron chi connectivity index (χ4n) is 1.97. The van der Waals surface area contributed by atoms with Crippen molar-refractivity contribution in [2.45, 2.75) is 37.8 Å². The summed E-state index contributed by atoms with van der Waals surface area (Å²) in [5.74, 6) is -0.384. The smallest absolute Gasteiger partial charge is 0.320 e. The highest BCUT2D eigenvalue weighted by Gasteiger charge is 2.41. The van der Waals surface area contributed by atoms with Crippen LogP contribution in [-0.2, 0) is 9.53 Å². The second kappa shape index (κ2) is 3.51. The molecule has 4 heteroatoms. The summed E-state index contributed by atoms with van der Waals surface area (Å²) in [6.07, 6.45) is 2.99. The fourth-order valence-corrected chi connectivity index (χ4v) is 1.97. The van der Waals surface area contributed by atoms with Gasteiger partial charge in [-0.05, 0) is 32.1 Å². The largest absolute Gasteiger partial charge is 0.480 e. The normalized spacial score (nSPS) is 34.4. The Morgan fingerprint density at radius 1 is 1.64 bits per heavy atom. The molecule has 2 rings (SSSR count). The van der Waals surface area contributed by atoms with Crippen LogP contribution in [0.5, 0.6) is 0 Å². The predicted octanol–water partition coefficient (Wildman–Crippen LogP) is 0.618. The number of ether oxygens (including phenoxy) is 1. The molecule has 2 unspecified atom stereocenters. The van der Waals surface area contributed by atoms with Gasteiger partial charge >= 0.3 is 5.97 Å². The Labute approximate surface area is 83.6 Å². The number of carbonyl (C=O) groups is 1. The van der Waals surface area contributed by atoms with Crippen LogP contribution in [0.25, 0.3) is 0 Å². The first kappa shape index (κ1) is 9.93. The number of rotatable bonds is 4. The van der Waals surface area contributed by atoms with Crippen molar-refractivity contribution in [1.82, 2.24) is 5.32 Å². The van der Waals surface area contributed by atoms with Gasteiger partial charge in [0.15, 0.2) is 0 Å². The Morgan fingerprint density at radius 2 is 2.36 bits per heavy atom. The van der Waals surface area contributed by atoms with Gasteiger partial charge in [0.1, 0.15) is 6.04 Å². The lowest BCUT2D eigenvalue weighted by Gasteiger charge is -2.28. The van der Waals surface area contributed by atoms with Crippen LogP contribution in [0.15, 0.2) is 0 Å². The highest BCUT2D eigenvalue weighted by Crippen LogP contribution is 2.34.